The maximum absolute atomic E-state index is 12.7. The van der Waals surface area contributed by atoms with Gasteiger partial charge in [-0.15, -0.1) is 0 Å². The smallest absolute Gasteiger partial charge is 0.322 e. The van der Waals surface area contributed by atoms with Crippen molar-refractivity contribution in [2.45, 2.75) is 26.3 Å². The summed E-state index contributed by atoms with van der Waals surface area (Å²) in [6.07, 6.45) is 1.12. The number of rotatable bonds is 4. The number of amides is 2. The lowest BCUT2D eigenvalue weighted by Gasteiger charge is -2.28. The van der Waals surface area contributed by atoms with Gasteiger partial charge in [-0.05, 0) is 24.6 Å². The van der Waals surface area contributed by atoms with Crippen LogP contribution < -0.4 is 15.6 Å². The van der Waals surface area contributed by atoms with E-state index in [-0.39, 0.29) is 18.1 Å². The van der Waals surface area contributed by atoms with E-state index >= 15 is 0 Å². The fourth-order valence-corrected chi connectivity index (χ4v) is 3.65. The Morgan fingerprint density at radius 1 is 1.23 bits per heavy atom. The molecule has 0 saturated heterocycles. The molecule has 0 unspecified atom stereocenters. The molecule has 0 aliphatic carbocycles. The number of ether oxygens (including phenoxy) is 1. The van der Waals surface area contributed by atoms with Crippen LogP contribution in [0.15, 0.2) is 53.3 Å². The van der Waals surface area contributed by atoms with E-state index in [9.17, 15) is 9.59 Å². The zero-order chi connectivity index (χ0) is 21.1. The number of aromatic amines is 1. The fraction of sp³-hybridized carbons (Fsp3) is 0.261. The van der Waals surface area contributed by atoms with Crippen molar-refractivity contribution in [3.05, 3.63) is 87.1 Å². The van der Waals surface area contributed by atoms with Crippen LogP contribution in [0.25, 0.3) is 0 Å². The lowest BCUT2D eigenvalue weighted by atomic mass is 10.1. The summed E-state index contributed by atoms with van der Waals surface area (Å²) in [5.41, 5.74) is 4.06. The molecule has 0 spiro atoms. The van der Waals surface area contributed by atoms with Crippen molar-refractivity contribution in [2.75, 3.05) is 19.0 Å². The summed E-state index contributed by atoms with van der Waals surface area (Å²) in [4.78, 5) is 34.5. The Hall–Kier alpha value is -3.61. The van der Waals surface area contributed by atoms with Crippen LogP contribution in [0, 0.1) is 6.92 Å². The SMILES string of the molecule is COc1cccc(NC(=O)N2CCc3nc(Cc4cccc(C)c4)[nH]c(=O)c3C2)c1. The molecule has 7 nitrogen and oxygen atoms in total. The minimum absolute atomic E-state index is 0.179. The summed E-state index contributed by atoms with van der Waals surface area (Å²) in [6.45, 7) is 2.78. The predicted octanol–water partition coefficient (Wildman–Crippen LogP) is 3.27. The van der Waals surface area contributed by atoms with Gasteiger partial charge in [0.1, 0.15) is 11.6 Å². The molecular formula is C23H24N4O3. The molecule has 0 atom stereocenters. The summed E-state index contributed by atoms with van der Waals surface area (Å²) in [6, 6.07) is 15.1. The lowest BCUT2D eigenvalue weighted by Crippen LogP contribution is -2.42. The van der Waals surface area contributed by atoms with Gasteiger partial charge in [0.05, 0.1) is 24.9 Å². The van der Waals surface area contributed by atoms with Gasteiger partial charge in [-0.25, -0.2) is 9.78 Å². The lowest BCUT2D eigenvalue weighted by molar-refractivity contribution is 0.205. The Morgan fingerprint density at radius 2 is 2.07 bits per heavy atom. The van der Waals surface area contributed by atoms with Crippen molar-refractivity contribution in [1.29, 1.82) is 0 Å². The first-order valence-electron chi connectivity index (χ1n) is 9.88. The van der Waals surface area contributed by atoms with Gasteiger partial charge in [0.15, 0.2) is 0 Å². The van der Waals surface area contributed by atoms with Crippen LogP contribution in [-0.4, -0.2) is 34.6 Å². The predicted molar refractivity (Wildman–Crippen MR) is 115 cm³/mol. The highest BCUT2D eigenvalue weighted by molar-refractivity contribution is 5.89. The number of benzene rings is 2. The van der Waals surface area contributed by atoms with Gasteiger partial charge < -0.3 is 19.9 Å². The number of fused-ring (bicyclic) bond motifs is 1. The monoisotopic (exact) mass is 404 g/mol. The average molecular weight is 404 g/mol. The molecule has 1 aliphatic heterocycles. The highest BCUT2D eigenvalue weighted by Gasteiger charge is 2.24. The summed E-state index contributed by atoms with van der Waals surface area (Å²) in [5.74, 6) is 1.32. The topological polar surface area (TPSA) is 87.3 Å². The summed E-state index contributed by atoms with van der Waals surface area (Å²) >= 11 is 0. The maximum atomic E-state index is 12.7. The second-order valence-corrected chi connectivity index (χ2v) is 7.44. The van der Waals surface area contributed by atoms with Gasteiger partial charge in [0.2, 0.25) is 0 Å². The summed E-state index contributed by atoms with van der Waals surface area (Å²) < 4.78 is 5.19. The van der Waals surface area contributed by atoms with Crippen molar-refractivity contribution < 1.29 is 9.53 Å². The number of anilines is 1. The van der Waals surface area contributed by atoms with E-state index in [2.05, 4.69) is 21.4 Å². The van der Waals surface area contributed by atoms with Gasteiger partial charge in [0.25, 0.3) is 5.56 Å². The standard InChI is InChI=1S/C23H24N4O3/c1-15-5-3-6-16(11-15)12-21-25-20-9-10-27(14-19(20)22(28)26-21)23(29)24-17-7-4-8-18(13-17)30-2/h3-8,11,13H,9-10,12,14H2,1-2H3,(H,24,29)(H,25,26,28). The minimum atomic E-state index is -0.253. The first-order valence-corrected chi connectivity index (χ1v) is 9.88. The van der Waals surface area contributed by atoms with E-state index in [1.54, 1.807) is 24.1 Å². The van der Waals surface area contributed by atoms with Crippen LogP contribution >= 0.6 is 0 Å². The van der Waals surface area contributed by atoms with Gasteiger partial charge in [-0.2, -0.15) is 0 Å². The molecule has 2 heterocycles. The molecule has 0 saturated carbocycles. The van der Waals surface area contributed by atoms with E-state index in [1.165, 1.54) is 5.56 Å². The fourth-order valence-electron chi connectivity index (χ4n) is 3.65. The molecule has 0 radical (unpaired) electrons. The zero-order valence-electron chi connectivity index (χ0n) is 17.1. The Bertz CT molecular complexity index is 1140. The minimum Gasteiger partial charge on any atom is -0.497 e. The van der Waals surface area contributed by atoms with Crippen LogP contribution in [0.2, 0.25) is 0 Å². The first-order chi connectivity index (χ1) is 14.5. The Morgan fingerprint density at radius 3 is 2.87 bits per heavy atom. The van der Waals surface area contributed by atoms with Crippen LogP contribution in [0.1, 0.15) is 28.2 Å². The van der Waals surface area contributed by atoms with Crippen molar-refractivity contribution in [1.82, 2.24) is 14.9 Å². The second-order valence-electron chi connectivity index (χ2n) is 7.44. The number of urea groups is 1. The molecule has 3 aromatic rings. The number of nitrogens with zero attached hydrogens (tertiary/aromatic N) is 2. The quantitative estimate of drug-likeness (QED) is 0.699. The van der Waals surface area contributed by atoms with E-state index in [1.807, 2.05) is 37.3 Å². The number of hydrogen-bond donors (Lipinski definition) is 2. The van der Waals surface area contributed by atoms with E-state index < -0.39 is 0 Å². The van der Waals surface area contributed by atoms with Gasteiger partial charge in [-0.1, -0.05) is 35.9 Å². The number of carbonyl (C=O) groups is 1. The molecule has 30 heavy (non-hydrogen) atoms. The largest absolute Gasteiger partial charge is 0.497 e. The van der Waals surface area contributed by atoms with Gasteiger partial charge in [0, 0.05) is 31.1 Å². The highest BCUT2D eigenvalue weighted by atomic mass is 16.5. The van der Waals surface area contributed by atoms with Crippen molar-refractivity contribution in [3.8, 4) is 5.75 Å². The molecule has 4 rings (SSSR count). The van der Waals surface area contributed by atoms with E-state index in [4.69, 9.17) is 4.74 Å². The Balaban J connectivity index is 1.48. The normalized spacial score (nSPS) is 12.9. The molecule has 0 fully saturated rings. The third-order valence-corrected chi connectivity index (χ3v) is 5.18. The zero-order valence-corrected chi connectivity index (χ0v) is 17.1. The Labute approximate surface area is 174 Å². The van der Waals surface area contributed by atoms with E-state index in [0.717, 1.165) is 11.3 Å². The number of carbonyl (C=O) groups excluding carboxylic acids is 1. The molecule has 0 bridgehead atoms. The first kappa shape index (κ1) is 19.7. The number of methoxy groups -OCH3 is 1. The number of H-pyrrole nitrogens is 1. The second kappa shape index (κ2) is 8.41. The third kappa shape index (κ3) is 4.35. The van der Waals surface area contributed by atoms with Gasteiger partial charge in [-0.3, -0.25) is 4.79 Å². The summed E-state index contributed by atoms with van der Waals surface area (Å²) in [7, 11) is 1.58. The third-order valence-electron chi connectivity index (χ3n) is 5.18. The van der Waals surface area contributed by atoms with Crippen molar-refractivity contribution in [3.63, 3.8) is 0 Å². The average Bonchev–Trinajstić information content (AvgIpc) is 2.73. The van der Waals surface area contributed by atoms with Crippen LogP contribution in [0.4, 0.5) is 10.5 Å². The summed E-state index contributed by atoms with van der Waals surface area (Å²) in [5, 5.41) is 2.86. The molecular weight excluding hydrogens is 380 g/mol. The molecule has 2 aromatic carbocycles. The van der Waals surface area contributed by atoms with Crippen molar-refractivity contribution in [2.24, 2.45) is 0 Å². The van der Waals surface area contributed by atoms with Gasteiger partial charge >= 0.3 is 6.03 Å². The van der Waals surface area contributed by atoms with Crippen LogP contribution in [0.3, 0.4) is 0 Å². The molecule has 2 N–H and O–H groups in total. The number of aryl methyl sites for hydroxylation is 1. The Kier molecular flexibility index (Phi) is 5.52. The van der Waals surface area contributed by atoms with Crippen molar-refractivity contribution >= 4 is 11.7 Å². The molecule has 2 amide bonds. The molecule has 1 aromatic heterocycles. The number of aromatic nitrogens is 2. The number of nitrogens with one attached hydrogen (secondary N) is 2. The number of hydrogen-bond acceptors (Lipinski definition) is 4. The maximum Gasteiger partial charge on any atom is 0.322 e. The molecule has 7 heteroatoms. The molecule has 1 aliphatic rings. The van der Waals surface area contributed by atoms with Crippen LogP contribution in [-0.2, 0) is 19.4 Å². The van der Waals surface area contributed by atoms with Crippen LogP contribution in [0.5, 0.6) is 5.75 Å². The highest BCUT2D eigenvalue weighted by Crippen LogP contribution is 2.19. The van der Waals surface area contributed by atoms with E-state index in [0.29, 0.717) is 42.2 Å². The molecule has 154 valence electrons.